The van der Waals surface area contributed by atoms with Crippen LogP contribution in [0.3, 0.4) is 0 Å². The zero-order valence-corrected chi connectivity index (χ0v) is 16.4. The largest absolute Gasteiger partial charge is 0.422 e. The summed E-state index contributed by atoms with van der Waals surface area (Å²) in [5.41, 5.74) is 1.48. The Morgan fingerprint density at radius 1 is 0.880 bits per heavy atom. The van der Waals surface area contributed by atoms with Crippen molar-refractivity contribution in [1.29, 1.82) is 0 Å². The SMILES string of the molecule is O=C(Oc1ccccc1C=C1SC2=C(SCCS2)S1)c1ccccc1. The molecule has 0 N–H and O–H groups in total. The number of benzene rings is 2. The van der Waals surface area contributed by atoms with E-state index in [0.29, 0.717) is 11.3 Å². The molecule has 2 aromatic carbocycles. The first-order valence-corrected chi connectivity index (χ1v) is 11.3. The van der Waals surface area contributed by atoms with Crippen LogP contribution in [0.1, 0.15) is 15.9 Å². The van der Waals surface area contributed by atoms with Crippen molar-refractivity contribution in [2.75, 3.05) is 11.5 Å². The van der Waals surface area contributed by atoms with Gasteiger partial charge in [-0.3, -0.25) is 0 Å². The van der Waals surface area contributed by atoms with Crippen molar-refractivity contribution in [3.05, 3.63) is 78.4 Å². The first-order valence-electron chi connectivity index (χ1n) is 7.73. The smallest absolute Gasteiger partial charge is 0.343 e. The number of rotatable bonds is 3. The van der Waals surface area contributed by atoms with Gasteiger partial charge in [-0.25, -0.2) is 4.79 Å². The van der Waals surface area contributed by atoms with E-state index in [-0.39, 0.29) is 5.97 Å². The predicted molar refractivity (Wildman–Crippen MR) is 113 cm³/mol. The second-order valence-electron chi connectivity index (χ2n) is 5.23. The van der Waals surface area contributed by atoms with Gasteiger partial charge in [0.2, 0.25) is 0 Å². The number of carbonyl (C=O) groups excluding carboxylic acids is 1. The topological polar surface area (TPSA) is 26.3 Å². The lowest BCUT2D eigenvalue weighted by Gasteiger charge is -2.08. The van der Waals surface area contributed by atoms with Gasteiger partial charge in [0.25, 0.3) is 0 Å². The molecule has 2 aliphatic rings. The fraction of sp³-hybridized carbons (Fsp3) is 0.105. The van der Waals surface area contributed by atoms with Gasteiger partial charge in [0, 0.05) is 17.1 Å². The molecule has 0 fully saturated rings. The molecule has 4 rings (SSSR count). The number of esters is 1. The zero-order valence-electron chi connectivity index (χ0n) is 13.1. The lowest BCUT2D eigenvalue weighted by Crippen LogP contribution is -2.08. The highest BCUT2D eigenvalue weighted by atomic mass is 32.3. The van der Waals surface area contributed by atoms with E-state index in [0.717, 1.165) is 5.56 Å². The molecule has 0 spiro atoms. The Hall–Kier alpha value is -1.21. The predicted octanol–water partition coefficient (Wildman–Crippen LogP) is 6.29. The fourth-order valence-corrected chi connectivity index (χ4v) is 8.22. The summed E-state index contributed by atoms with van der Waals surface area (Å²) in [5.74, 6) is 2.61. The Morgan fingerprint density at radius 3 is 2.24 bits per heavy atom. The van der Waals surface area contributed by atoms with E-state index >= 15 is 0 Å². The van der Waals surface area contributed by atoms with Crippen LogP contribution in [0.25, 0.3) is 6.08 Å². The molecule has 0 aliphatic carbocycles. The van der Waals surface area contributed by atoms with Crippen molar-refractivity contribution in [2.45, 2.75) is 0 Å². The maximum absolute atomic E-state index is 12.3. The van der Waals surface area contributed by atoms with Crippen molar-refractivity contribution in [3.63, 3.8) is 0 Å². The molecule has 0 bridgehead atoms. The second kappa shape index (κ2) is 7.99. The lowest BCUT2D eigenvalue weighted by atomic mass is 10.2. The van der Waals surface area contributed by atoms with Crippen molar-refractivity contribution < 1.29 is 9.53 Å². The molecule has 0 saturated heterocycles. The number of ether oxygens (including phenoxy) is 1. The first kappa shape index (κ1) is 17.2. The molecule has 25 heavy (non-hydrogen) atoms. The van der Waals surface area contributed by atoms with Gasteiger partial charge >= 0.3 is 5.97 Å². The second-order valence-corrected chi connectivity index (χ2v) is 10.3. The summed E-state index contributed by atoms with van der Waals surface area (Å²) in [6, 6.07) is 16.8. The third kappa shape index (κ3) is 4.14. The maximum atomic E-state index is 12.3. The van der Waals surface area contributed by atoms with E-state index in [9.17, 15) is 4.79 Å². The summed E-state index contributed by atoms with van der Waals surface area (Å²) in [5, 5.41) is 0. The van der Waals surface area contributed by atoms with Gasteiger partial charge in [0.05, 0.1) is 18.3 Å². The van der Waals surface area contributed by atoms with Crippen molar-refractivity contribution in [2.24, 2.45) is 0 Å². The summed E-state index contributed by atoms with van der Waals surface area (Å²) < 4.78 is 9.68. The molecule has 0 aromatic heterocycles. The molecule has 0 unspecified atom stereocenters. The molecule has 6 heteroatoms. The Bertz CT molecular complexity index is 839. The Labute approximate surface area is 163 Å². The van der Waals surface area contributed by atoms with E-state index in [1.807, 2.05) is 89.5 Å². The van der Waals surface area contributed by atoms with Crippen LogP contribution in [0.4, 0.5) is 0 Å². The third-order valence-electron chi connectivity index (χ3n) is 3.51. The standard InChI is InChI=1S/C19H14O2S4/c20-17(13-6-2-1-3-7-13)21-15-9-5-4-8-14(15)12-16-24-18-19(25-16)23-11-10-22-18/h1-9,12H,10-11H2. The van der Waals surface area contributed by atoms with Gasteiger partial charge in [-0.05, 0) is 24.3 Å². The number of thioether (sulfide) groups is 4. The fourth-order valence-electron chi connectivity index (χ4n) is 2.34. The van der Waals surface area contributed by atoms with Gasteiger partial charge in [-0.1, -0.05) is 59.9 Å². The molecule has 0 atom stereocenters. The van der Waals surface area contributed by atoms with Gasteiger partial charge in [-0.15, -0.1) is 23.5 Å². The van der Waals surface area contributed by atoms with Crippen LogP contribution in [-0.2, 0) is 0 Å². The number of para-hydroxylation sites is 1. The minimum atomic E-state index is -0.332. The van der Waals surface area contributed by atoms with Gasteiger partial charge in [0.1, 0.15) is 5.75 Å². The zero-order chi connectivity index (χ0) is 17.1. The van der Waals surface area contributed by atoms with Crippen LogP contribution in [0.2, 0.25) is 0 Å². The third-order valence-corrected chi connectivity index (χ3v) is 9.16. The van der Waals surface area contributed by atoms with Crippen LogP contribution < -0.4 is 4.74 Å². The summed E-state index contributed by atoms with van der Waals surface area (Å²) in [6.07, 6.45) is 2.11. The first-order chi connectivity index (χ1) is 12.3. The molecule has 2 heterocycles. The average molecular weight is 403 g/mol. The summed E-state index contributed by atoms with van der Waals surface area (Å²) in [4.78, 5) is 12.3. The van der Waals surface area contributed by atoms with Crippen LogP contribution in [0, 0.1) is 0 Å². The van der Waals surface area contributed by atoms with Gasteiger partial charge in [0.15, 0.2) is 0 Å². The minimum absolute atomic E-state index is 0.332. The normalized spacial score (nSPS) is 16.6. The average Bonchev–Trinajstić information content (AvgIpc) is 3.06. The number of hydrogen-bond acceptors (Lipinski definition) is 6. The summed E-state index contributed by atoms with van der Waals surface area (Å²) in [7, 11) is 0. The monoisotopic (exact) mass is 402 g/mol. The molecule has 126 valence electrons. The molecule has 0 radical (unpaired) electrons. The van der Waals surface area contributed by atoms with Crippen LogP contribution in [0.5, 0.6) is 5.75 Å². The molecule has 2 aliphatic heterocycles. The molecule has 2 nitrogen and oxygen atoms in total. The number of carbonyl (C=O) groups is 1. The van der Waals surface area contributed by atoms with Crippen molar-refractivity contribution in [3.8, 4) is 5.75 Å². The van der Waals surface area contributed by atoms with E-state index in [2.05, 4.69) is 6.08 Å². The van der Waals surface area contributed by atoms with Crippen LogP contribution >= 0.6 is 47.0 Å². The van der Waals surface area contributed by atoms with E-state index in [1.165, 1.54) is 24.2 Å². The summed E-state index contributed by atoms with van der Waals surface area (Å²) >= 11 is 7.51. The summed E-state index contributed by atoms with van der Waals surface area (Å²) in [6.45, 7) is 0. The van der Waals surface area contributed by atoms with Crippen LogP contribution in [0.15, 0.2) is 67.3 Å². The van der Waals surface area contributed by atoms with Crippen molar-refractivity contribution in [1.82, 2.24) is 0 Å². The van der Waals surface area contributed by atoms with Gasteiger partial charge < -0.3 is 4.74 Å². The molecule has 0 amide bonds. The highest BCUT2D eigenvalue weighted by Crippen LogP contribution is 2.59. The van der Waals surface area contributed by atoms with Crippen molar-refractivity contribution >= 4 is 59.1 Å². The van der Waals surface area contributed by atoms with Gasteiger partial charge in [-0.2, -0.15) is 0 Å². The highest BCUT2D eigenvalue weighted by molar-refractivity contribution is 8.41. The van der Waals surface area contributed by atoms with E-state index in [1.54, 1.807) is 12.1 Å². The Balaban J connectivity index is 1.54. The Kier molecular flexibility index (Phi) is 5.51. The minimum Gasteiger partial charge on any atom is -0.422 e. The number of hydrogen-bond donors (Lipinski definition) is 0. The molecular weight excluding hydrogens is 388 g/mol. The molecule has 0 saturated carbocycles. The quantitative estimate of drug-likeness (QED) is 0.442. The van der Waals surface area contributed by atoms with E-state index in [4.69, 9.17) is 4.74 Å². The molecular formula is C19H14O2S4. The Morgan fingerprint density at radius 2 is 1.52 bits per heavy atom. The molecule has 2 aromatic rings. The highest BCUT2D eigenvalue weighted by Gasteiger charge is 2.25. The van der Waals surface area contributed by atoms with E-state index < -0.39 is 0 Å². The lowest BCUT2D eigenvalue weighted by molar-refractivity contribution is 0.0734. The van der Waals surface area contributed by atoms with Crippen LogP contribution in [-0.4, -0.2) is 17.5 Å². The maximum Gasteiger partial charge on any atom is 0.343 e.